The number of nitrogens with zero attached hydrogens (tertiary/aromatic N) is 4. The predicted molar refractivity (Wildman–Crippen MR) is 113 cm³/mol. The summed E-state index contributed by atoms with van der Waals surface area (Å²) in [7, 11) is 0. The highest BCUT2D eigenvalue weighted by Gasteiger charge is 2.25. The summed E-state index contributed by atoms with van der Waals surface area (Å²) in [4.78, 5) is 26.3. The number of benzene rings is 1. The molecule has 26 heavy (non-hydrogen) atoms. The van der Waals surface area contributed by atoms with Crippen LogP contribution in [0.2, 0.25) is 0 Å². The molecule has 1 aliphatic rings. The molecule has 0 unspecified atom stereocenters. The van der Waals surface area contributed by atoms with E-state index in [0.717, 1.165) is 45.1 Å². The van der Waals surface area contributed by atoms with Crippen LogP contribution in [0.15, 0.2) is 24.3 Å². The van der Waals surface area contributed by atoms with Gasteiger partial charge in [0.25, 0.3) is 5.91 Å². The summed E-state index contributed by atoms with van der Waals surface area (Å²) < 4.78 is 1.05. The Morgan fingerprint density at radius 3 is 2.46 bits per heavy atom. The molecule has 1 saturated heterocycles. The Morgan fingerprint density at radius 1 is 1.12 bits per heavy atom. The Bertz CT molecular complexity index is 813. The highest BCUT2D eigenvalue weighted by Crippen LogP contribution is 2.21. The molecule has 3 rings (SSSR count). The second-order valence-electron chi connectivity index (χ2n) is 7.10. The van der Waals surface area contributed by atoms with Crippen molar-refractivity contribution in [3.63, 3.8) is 0 Å². The average Bonchev–Trinajstić information content (AvgIpc) is 2.63. The van der Waals surface area contributed by atoms with Gasteiger partial charge in [0, 0.05) is 47.4 Å². The zero-order valence-electron chi connectivity index (χ0n) is 15.8. The van der Waals surface area contributed by atoms with E-state index >= 15 is 0 Å². The third-order valence-electron chi connectivity index (χ3n) is 4.69. The fourth-order valence-electron chi connectivity index (χ4n) is 3.12. The molecule has 2 heterocycles. The minimum Gasteiger partial charge on any atom is -0.353 e. The zero-order chi connectivity index (χ0) is 18.8. The Hall–Kier alpha value is -1.70. The second kappa shape index (κ2) is 7.90. The third kappa shape index (κ3) is 4.00. The number of carbonyl (C=O) groups excluding carboxylic acids is 1. The molecule has 5 nitrogen and oxygen atoms in total. The predicted octanol–water partition coefficient (Wildman–Crippen LogP) is 3.78. The zero-order valence-corrected chi connectivity index (χ0v) is 17.9. The number of piperazine rings is 1. The lowest BCUT2D eigenvalue weighted by molar-refractivity contribution is 0.0745. The van der Waals surface area contributed by atoms with Gasteiger partial charge in [-0.15, -0.1) is 0 Å². The van der Waals surface area contributed by atoms with Gasteiger partial charge in [-0.3, -0.25) is 4.79 Å². The van der Waals surface area contributed by atoms with Crippen molar-refractivity contribution < 1.29 is 4.79 Å². The summed E-state index contributed by atoms with van der Waals surface area (Å²) in [5.74, 6) is 2.28. The van der Waals surface area contributed by atoms with Gasteiger partial charge in [-0.25, -0.2) is 9.97 Å². The SMILES string of the molecule is Cc1cc(N2CCN(C(=O)c3cccc(C)c3I)CC2)nc(C(C)C)n1. The molecule has 138 valence electrons. The first-order valence-corrected chi connectivity index (χ1v) is 10.1. The molecule has 1 aromatic heterocycles. The lowest BCUT2D eigenvalue weighted by Gasteiger charge is -2.36. The van der Waals surface area contributed by atoms with Gasteiger partial charge >= 0.3 is 0 Å². The van der Waals surface area contributed by atoms with Crippen LogP contribution in [-0.2, 0) is 0 Å². The summed E-state index contributed by atoms with van der Waals surface area (Å²) in [6.45, 7) is 11.3. The molecular weight excluding hydrogens is 439 g/mol. The summed E-state index contributed by atoms with van der Waals surface area (Å²) in [6.07, 6.45) is 0. The summed E-state index contributed by atoms with van der Waals surface area (Å²) in [5.41, 5.74) is 2.94. The van der Waals surface area contributed by atoms with Crippen molar-refractivity contribution in [1.29, 1.82) is 0 Å². The van der Waals surface area contributed by atoms with Gasteiger partial charge in [0.2, 0.25) is 0 Å². The van der Waals surface area contributed by atoms with Crippen molar-refractivity contribution in [1.82, 2.24) is 14.9 Å². The molecule has 0 radical (unpaired) electrons. The summed E-state index contributed by atoms with van der Waals surface area (Å²) in [6, 6.07) is 7.96. The second-order valence-corrected chi connectivity index (χ2v) is 8.17. The summed E-state index contributed by atoms with van der Waals surface area (Å²) >= 11 is 2.27. The van der Waals surface area contributed by atoms with Crippen LogP contribution in [0, 0.1) is 17.4 Å². The molecule has 0 atom stereocenters. The van der Waals surface area contributed by atoms with Crippen LogP contribution < -0.4 is 4.90 Å². The van der Waals surface area contributed by atoms with Gasteiger partial charge < -0.3 is 9.80 Å². The van der Waals surface area contributed by atoms with Crippen LogP contribution >= 0.6 is 22.6 Å². The Labute approximate surface area is 169 Å². The van der Waals surface area contributed by atoms with Crippen molar-refractivity contribution >= 4 is 34.3 Å². The lowest BCUT2D eigenvalue weighted by atomic mass is 10.1. The van der Waals surface area contributed by atoms with Gasteiger partial charge in [-0.2, -0.15) is 0 Å². The monoisotopic (exact) mass is 464 g/mol. The Balaban J connectivity index is 1.71. The van der Waals surface area contributed by atoms with Crippen molar-refractivity contribution in [2.24, 2.45) is 0 Å². The van der Waals surface area contributed by atoms with Crippen LogP contribution in [0.5, 0.6) is 0 Å². The van der Waals surface area contributed by atoms with E-state index in [1.807, 2.05) is 43.0 Å². The minimum atomic E-state index is 0.125. The van der Waals surface area contributed by atoms with Crippen molar-refractivity contribution in [2.75, 3.05) is 31.1 Å². The molecule has 0 saturated carbocycles. The number of hydrogen-bond acceptors (Lipinski definition) is 4. The molecule has 0 spiro atoms. The lowest BCUT2D eigenvalue weighted by Crippen LogP contribution is -2.49. The Kier molecular flexibility index (Phi) is 5.79. The maximum Gasteiger partial charge on any atom is 0.255 e. The number of aromatic nitrogens is 2. The maximum atomic E-state index is 12.9. The van der Waals surface area contributed by atoms with Gasteiger partial charge in [0.15, 0.2) is 0 Å². The van der Waals surface area contributed by atoms with E-state index in [0.29, 0.717) is 19.0 Å². The highest BCUT2D eigenvalue weighted by atomic mass is 127. The number of carbonyl (C=O) groups is 1. The van der Waals surface area contributed by atoms with Crippen LogP contribution in [0.1, 0.15) is 47.2 Å². The molecular formula is C20H25IN4O. The largest absolute Gasteiger partial charge is 0.353 e. The van der Waals surface area contributed by atoms with Crippen LogP contribution in [-0.4, -0.2) is 47.0 Å². The van der Waals surface area contributed by atoms with Gasteiger partial charge in [0.1, 0.15) is 11.6 Å². The number of anilines is 1. The van der Waals surface area contributed by atoms with E-state index < -0.39 is 0 Å². The third-order valence-corrected chi connectivity index (χ3v) is 6.12. The van der Waals surface area contributed by atoms with E-state index in [1.54, 1.807) is 0 Å². The first-order chi connectivity index (χ1) is 12.4. The standard InChI is InChI=1S/C20H25IN4O/c1-13(2)19-22-15(4)12-17(23-19)24-8-10-25(11-9-24)20(26)16-7-5-6-14(3)18(16)21/h5-7,12-13H,8-11H2,1-4H3. The maximum absolute atomic E-state index is 12.9. The molecule has 0 N–H and O–H groups in total. The van der Waals surface area contributed by atoms with Crippen molar-refractivity contribution in [3.05, 3.63) is 50.5 Å². The quantitative estimate of drug-likeness (QED) is 0.649. The Morgan fingerprint density at radius 2 is 1.81 bits per heavy atom. The molecule has 1 aliphatic heterocycles. The number of rotatable bonds is 3. The van der Waals surface area contributed by atoms with E-state index in [2.05, 4.69) is 46.3 Å². The molecule has 6 heteroatoms. The highest BCUT2D eigenvalue weighted by molar-refractivity contribution is 14.1. The van der Waals surface area contributed by atoms with E-state index in [-0.39, 0.29) is 5.91 Å². The molecule has 1 fully saturated rings. The average molecular weight is 464 g/mol. The fourth-order valence-corrected chi connectivity index (χ4v) is 3.71. The van der Waals surface area contributed by atoms with Crippen LogP contribution in [0.3, 0.4) is 0 Å². The van der Waals surface area contributed by atoms with Gasteiger partial charge in [0.05, 0.1) is 5.56 Å². The molecule has 2 aromatic rings. The van der Waals surface area contributed by atoms with Crippen LogP contribution in [0.4, 0.5) is 5.82 Å². The fraction of sp³-hybridized carbons (Fsp3) is 0.450. The number of halogens is 1. The van der Waals surface area contributed by atoms with E-state index in [9.17, 15) is 4.79 Å². The first kappa shape index (κ1) is 19.1. The first-order valence-electron chi connectivity index (χ1n) is 9.01. The topological polar surface area (TPSA) is 49.3 Å². The number of hydrogen-bond donors (Lipinski definition) is 0. The van der Waals surface area contributed by atoms with Gasteiger partial charge in [-0.05, 0) is 48.1 Å². The molecule has 0 bridgehead atoms. The summed E-state index contributed by atoms with van der Waals surface area (Å²) in [5, 5.41) is 0. The van der Waals surface area contributed by atoms with E-state index in [1.165, 1.54) is 0 Å². The normalized spacial score (nSPS) is 14.8. The number of amides is 1. The minimum absolute atomic E-state index is 0.125. The smallest absolute Gasteiger partial charge is 0.255 e. The van der Waals surface area contributed by atoms with Crippen molar-refractivity contribution in [2.45, 2.75) is 33.6 Å². The van der Waals surface area contributed by atoms with Crippen molar-refractivity contribution in [3.8, 4) is 0 Å². The van der Waals surface area contributed by atoms with Crippen LogP contribution in [0.25, 0.3) is 0 Å². The van der Waals surface area contributed by atoms with E-state index in [4.69, 9.17) is 4.98 Å². The molecule has 1 amide bonds. The molecule has 1 aromatic carbocycles. The van der Waals surface area contributed by atoms with Gasteiger partial charge in [-0.1, -0.05) is 26.0 Å². The number of aryl methyl sites for hydroxylation is 2. The molecule has 0 aliphatic carbocycles.